The van der Waals surface area contributed by atoms with E-state index in [9.17, 15) is 0 Å². The highest BCUT2D eigenvalue weighted by Gasteiger charge is 2.13. The van der Waals surface area contributed by atoms with Crippen LogP contribution in [0, 0.1) is 0 Å². The van der Waals surface area contributed by atoms with Gasteiger partial charge in [-0.1, -0.05) is 0 Å². The topological polar surface area (TPSA) is 31.6 Å². The van der Waals surface area contributed by atoms with Crippen LogP contribution < -0.4 is 5.32 Å². The maximum absolute atomic E-state index is 5.54. The first-order valence-electron chi connectivity index (χ1n) is 7.04. The molecule has 0 amide bonds. The Morgan fingerprint density at radius 3 is 2.68 bits per heavy atom. The van der Waals surface area contributed by atoms with E-state index in [0.717, 1.165) is 17.0 Å². The highest BCUT2D eigenvalue weighted by molar-refractivity contribution is 9.10. The fourth-order valence-corrected chi connectivity index (χ4v) is 2.67. The van der Waals surface area contributed by atoms with Crippen LogP contribution in [0.5, 0.6) is 0 Å². The van der Waals surface area contributed by atoms with Gasteiger partial charge in [0.1, 0.15) is 5.76 Å². The van der Waals surface area contributed by atoms with Crippen LogP contribution in [0.4, 0.5) is 0 Å². The predicted molar refractivity (Wildman–Crippen MR) is 81.4 cm³/mol. The van der Waals surface area contributed by atoms with Gasteiger partial charge in [-0.05, 0) is 61.5 Å². The van der Waals surface area contributed by atoms with Gasteiger partial charge < -0.3 is 19.5 Å². The number of hydrogen-bond donors (Lipinski definition) is 1. The molecular formula is C14H24BrN3O. The van der Waals surface area contributed by atoms with E-state index in [-0.39, 0.29) is 6.04 Å². The van der Waals surface area contributed by atoms with E-state index < -0.39 is 0 Å². The van der Waals surface area contributed by atoms with Crippen LogP contribution >= 0.6 is 15.9 Å². The molecule has 0 spiro atoms. The third kappa shape index (κ3) is 4.91. The zero-order valence-corrected chi connectivity index (χ0v) is 13.4. The van der Waals surface area contributed by atoms with Crippen LogP contribution in [0.3, 0.4) is 0 Å². The largest absolute Gasteiger partial charge is 0.453 e. The van der Waals surface area contributed by atoms with Crippen molar-refractivity contribution >= 4 is 15.9 Å². The van der Waals surface area contributed by atoms with Gasteiger partial charge in [0.15, 0.2) is 4.67 Å². The Labute approximate surface area is 124 Å². The Balaban J connectivity index is 1.59. The van der Waals surface area contributed by atoms with Gasteiger partial charge in [0.25, 0.3) is 0 Å². The molecular weight excluding hydrogens is 306 g/mol. The van der Waals surface area contributed by atoms with Crippen molar-refractivity contribution in [3.05, 3.63) is 22.6 Å². The Kier molecular flexibility index (Phi) is 5.88. The number of piperazine rings is 1. The number of rotatable bonds is 6. The molecule has 1 saturated heterocycles. The van der Waals surface area contributed by atoms with Gasteiger partial charge in [-0.25, -0.2) is 0 Å². The van der Waals surface area contributed by atoms with Crippen LogP contribution in [0.15, 0.2) is 21.2 Å². The molecule has 0 radical (unpaired) electrons. The van der Waals surface area contributed by atoms with E-state index in [0.29, 0.717) is 0 Å². The summed E-state index contributed by atoms with van der Waals surface area (Å²) in [6.07, 6.45) is 1.19. The second kappa shape index (κ2) is 7.43. The monoisotopic (exact) mass is 329 g/mol. The van der Waals surface area contributed by atoms with E-state index in [1.807, 2.05) is 12.1 Å². The summed E-state index contributed by atoms with van der Waals surface area (Å²) < 4.78 is 6.34. The Morgan fingerprint density at radius 2 is 2.05 bits per heavy atom. The summed E-state index contributed by atoms with van der Waals surface area (Å²) in [6, 6.07) is 4.23. The van der Waals surface area contributed by atoms with Gasteiger partial charge in [-0.3, -0.25) is 0 Å². The van der Waals surface area contributed by atoms with E-state index in [1.54, 1.807) is 0 Å². The number of halogens is 1. The van der Waals surface area contributed by atoms with Crippen molar-refractivity contribution in [1.82, 2.24) is 15.1 Å². The molecule has 0 aliphatic carbocycles. The molecule has 2 heterocycles. The second-order valence-corrected chi connectivity index (χ2v) is 6.10. The quantitative estimate of drug-likeness (QED) is 0.812. The molecule has 108 valence electrons. The van der Waals surface area contributed by atoms with Crippen molar-refractivity contribution < 1.29 is 4.42 Å². The molecule has 1 N–H and O–H groups in total. The maximum atomic E-state index is 5.54. The summed E-state index contributed by atoms with van der Waals surface area (Å²) in [5, 5.41) is 3.51. The highest BCUT2D eigenvalue weighted by atomic mass is 79.9. The normalized spacial score (nSPS) is 19.7. The minimum atomic E-state index is 0.277. The summed E-state index contributed by atoms with van der Waals surface area (Å²) in [6.45, 7) is 9.17. The first kappa shape index (κ1) is 15.0. The van der Waals surface area contributed by atoms with E-state index in [1.165, 1.54) is 39.1 Å². The van der Waals surface area contributed by atoms with Crippen LogP contribution in [0.25, 0.3) is 0 Å². The Bertz CT molecular complexity index is 375. The second-order valence-electron chi connectivity index (χ2n) is 5.32. The molecule has 19 heavy (non-hydrogen) atoms. The van der Waals surface area contributed by atoms with Gasteiger partial charge in [0.2, 0.25) is 0 Å². The molecule has 0 saturated carbocycles. The number of hydrogen-bond acceptors (Lipinski definition) is 4. The van der Waals surface area contributed by atoms with Crippen LogP contribution in [0.1, 0.15) is 25.1 Å². The molecule has 2 rings (SSSR count). The van der Waals surface area contributed by atoms with Crippen LogP contribution in [-0.4, -0.2) is 56.1 Å². The summed E-state index contributed by atoms with van der Waals surface area (Å²) in [7, 11) is 2.20. The minimum absolute atomic E-state index is 0.277. The maximum Gasteiger partial charge on any atom is 0.169 e. The summed E-state index contributed by atoms with van der Waals surface area (Å²) in [5.41, 5.74) is 0. The third-order valence-corrected chi connectivity index (χ3v) is 4.14. The zero-order valence-electron chi connectivity index (χ0n) is 11.9. The summed E-state index contributed by atoms with van der Waals surface area (Å²) >= 11 is 3.33. The molecule has 4 nitrogen and oxygen atoms in total. The first-order valence-corrected chi connectivity index (χ1v) is 7.84. The number of furan rings is 1. The molecule has 1 atom stereocenters. The van der Waals surface area contributed by atoms with E-state index in [4.69, 9.17) is 4.42 Å². The average Bonchev–Trinajstić information content (AvgIpc) is 2.83. The predicted octanol–water partition coefficient (Wildman–Crippen LogP) is 2.33. The lowest BCUT2D eigenvalue weighted by Crippen LogP contribution is -2.45. The van der Waals surface area contributed by atoms with Gasteiger partial charge in [-0.2, -0.15) is 0 Å². The summed E-state index contributed by atoms with van der Waals surface area (Å²) in [4.78, 5) is 4.95. The number of nitrogens with zero attached hydrogens (tertiary/aromatic N) is 2. The molecule has 5 heteroatoms. The lowest BCUT2D eigenvalue weighted by Gasteiger charge is -2.32. The smallest absolute Gasteiger partial charge is 0.169 e. The molecule has 1 unspecified atom stereocenters. The standard InChI is InChI=1S/C14H24BrN3O/c1-12(13-4-5-14(15)19-13)16-6-3-7-18-10-8-17(2)9-11-18/h4-5,12,16H,3,6-11H2,1-2H3. The lowest BCUT2D eigenvalue weighted by atomic mass is 10.2. The molecule has 1 fully saturated rings. The van der Waals surface area contributed by atoms with Crippen molar-refractivity contribution in [1.29, 1.82) is 0 Å². The molecule has 1 aliphatic heterocycles. The number of likely N-dealkylation sites (N-methyl/N-ethyl adjacent to an activating group) is 1. The highest BCUT2D eigenvalue weighted by Crippen LogP contribution is 2.19. The molecule has 1 aliphatic rings. The van der Waals surface area contributed by atoms with Gasteiger partial charge >= 0.3 is 0 Å². The fourth-order valence-electron chi connectivity index (χ4n) is 2.35. The first-order chi connectivity index (χ1) is 9.15. The van der Waals surface area contributed by atoms with Crippen LogP contribution in [0.2, 0.25) is 0 Å². The molecule has 0 bridgehead atoms. The Morgan fingerprint density at radius 1 is 1.32 bits per heavy atom. The van der Waals surface area contributed by atoms with Crippen molar-refractivity contribution in [3.63, 3.8) is 0 Å². The van der Waals surface area contributed by atoms with E-state index >= 15 is 0 Å². The third-order valence-electron chi connectivity index (χ3n) is 3.72. The molecule has 1 aromatic rings. The van der Waals surface area contributed by atoms with E-state index in [2.05, 4.69) is 45.0 Å². The Hall–Kier alpha value is -0.360. The SMILES string of the molecule is CC(NCCCN1CCN(C)CC1)c1ccc(Br)o1. The number of nitrogens with one attached hydrogen (secondary N) is 1. The van der Waals surface area contributed by atoms with Gasteiger partial charge in [-0.15, -0.1) is 0 Å². The van der Waals surface area contributed by atoms with Crippen LogP contribution in [-0.2, 0) is 0 Å². The lowest BCUT2D eigenvalue weighted by molar-refractivity contribution is 0.152. The van der Waals surface area contributed by atoms with Crippen molar-refractivity contribution in [3.8, 4) is 0 Å². The zero-order chi connectivity index (χ0) is 13.7. The minimum Gasteiger partial charge on any atom is -0.453 e. The molecule has 0 aromatic carbocycles. The average molecular weight is 330 g/mol. The fraction of sp³-hybridized carbons (Fsp3) is 0.714. The summed E-state index contributed by atoms with van der Waals surface area (Å²) in [5.74, 6) is 0.992. The molecule has 1 aromatic heterocycles. The van der Waals surface area contributed by atoms with Crippen molar-refractivity contribution in [2.75, 3.05) is 46.3 Å². The van der Waals surface area contributed by atoms with Crippen molar-refractivity contribution in [2.45, 2.75) is 19.4 Å². The van der Waals surface area contributed by atoms with Crippen molar-refractivity contribution in [2.24, 2.45) is 0 Å². The van der Waals surface area contributed by atoms with Gasteiger partial charge in [0, 0.05) is 26.2 Å². The van der Waals surface area contributed by atoms with Gasteiger partial charge in [0.05, 0.1) is 6.04 Å².